The number of anilines is 2. The highest BCUT2D eigenvalue weighted by Crippen LogP contribution is 2.28. The molecule has 3 nitrogen and oxygen atoms in total. The van der Waals surface area contributed by atoms with Crippen LogP contribution in [0.5, 0.6) is 0 Å². The Kier molecular flexibility index (Phi) is 4.68. The van der Waals surface area contributed by atoms with Crippen LogP contribution >= 0.6 is 0 Å². The van der Waals surface area contributed by atoms with Gasteiger partial charge in [-0.1, -0.05) is 0 Å². The first-order valence-corrected chi connectivity index (χ1v) is 7.29. The molecule has 0 amide bonds. The molecule has 1 aliphatic rings. The summed E-state index contributed by atoms with van der Waals surface area (Å²) in [5.41, 5.74) is 2.39. The molecule has 0 aromatic heterocycles. The van der Waals surface area contributed by atoms with E-state index in [1.165, 1.54) is 5.69 Å². The van der Waals surface area contributed by atoms with Crippen molar-refractivity contribution in [1.82, 2.24) is 0 Å². The van der Waals surface area contributed by atoms with Crippen LogP contribution in [0, 0.1) is 17.2 Å². The van der Waals surface area contributed by atoms with Gasteiger partial charge in [0.2, 0.25) is 0 Å². The summed E-state index contributed by atoms with van der Waals surface area (Å²) in [7, 11) is 0. The maximum atomic E-state index is 9.10. The second kappa shape index (κ2) is 6.47. The van der Waals surface area contributed by atoms with E-state index in [2.05, 4.69) is 54.4 Å². The van der Waals surface area contributed by atoms with Crippen LogP contribution in [0.1, 0.15) is 33.1 Å². The average molecular weight is 257 g/mol. The molecule has 19 heavy (non-hydrogen) atoms. The van der Waals surface area contributed by atoms with Crippen molar-refractivity contribution in [2.75, 3.05) is 23.3 Å². The molecule has 2 rings (SSSR count). The first kappa shape index (κ1) is 13.7. The smallest absolute Gasteiger partial charge is 0.0677 e. The van der Waals surface area contributed by atoms with Gasteiger partial charge >= 0.3 is 0 Å². The molecular weight excluding hydrogens is 234 g/mol. The Hall–Kier alpha value is -1.69. The highest BCUT2D eigenvalue weighted by atomic mass is 15.1. The van der Waals surface area contributed by atoms with Gasteiger partial charge in [0.1, 0.15) is 0 Å². The number of hydrogen-bond donors (Lipinski definition) is 1. The summed E-state index contributed by atoms with van der Waals surface area (Å²) in [5, 5.41) is 12.6. The Morgan fingerprint density at radius 3 is 2.47 bits per heavy atom. The van der Waals surface area contributed by atoms with Gasteiger partial charge in [0.25, 0.3) is 0 Å². The zero-order chi connectivity index (χ0) is 13.7. The Morgan fingerprint density at radius 2 is 1.89 bits per heavy atom. The van der Waals surface area contributed by atoms with Crippen molar-refractivity contribution < 1.29 is 0 Å². The molecule has 0 spiro atoms. The zero-order valence-electron chi connectivity index (χ0n) is 11.9. The molecule has 1 saturated carbocycles. The molecule has 1 aromatic carbocycles. The fraction of sp³-hybridized carbons (Fsp3) is 0.562. The van der Waals surface area contributed by atoms with E-state index in [0.29, 0.717) is 6.04 Å². The lowest BCUT2D eigenvalue weighted by molar-refractivity contribution is 0.630. The van der Waals surface area contributed by atoms with Crippen molar-refractivity contribution in [3.8, 4) is 6.07 Å². The van der Waals surface area contributed by atoms with Gasteiger partial charge in [-0.15, -0.1) is 0 Å². The third kappa shape index (κ3) is 3.20. The summed E-state index contributed by atoms with van der Waals surface area (Å²) < 4.78 is 0. The molecule has 0 aliphatic heterocycles. The van der Waals surface area contributed by atoms with Gasteiger partial charge in [-0.2, -0.15) is 5.26 Å². The van der Waals surface area contributed by atoms with Crippen LogP contribution < -0.4 is 10.2 Å². The van der Waals surface area contributed by atoms with Gasteiger partial charge < -0.3 is 10.2 Å². The van der Waals surface area contributed by atoms with Gasteiger partial charge in [-0.05, 0) is 57.4 Å². The molecule has 1 aromatic rings. The Labute approximate surface area is 116 Å². The van der Waals surface area contributed by atoms with Crippen molar-refractivity contribution in [1.29, 1.82) is 5.26 Å². The van der Waals surface area contributed by atoms with Crippen LogP contribution in [0.15, 0.2) is 24.3 Å². The van der Waals surface area contributed by atoms with Crippen LogP contribution in [0.2, 0.25) is 0 Å². The maximum Gasteiger partial charge on any atom is 0.0677 e. The van der Waals surface area contributed by atoms with Crippen LogP contribution in [0.4, 0.5) is 11.4 Å². The third-order valence-electron chi connectivity index (χ3n) is 4.03. The first-order valence-electron chi connectivity index (χ1n) is 7.29. The predicted octanol–water partition coefficient (Wildman–Crippen LogP) is 3.64. The predicted molar refractivity (Wildman–Crippen MR) is 80.4 cm³/mol. The summed E-state index contributed by atoms with van der Waals surface area (Å²) in [5.74, 6) is 0.169. The SMILES string of the molecule is CCN(CC)c1ccc(NC2CCCC2C#N)cc1. The van der Waals surface area contributed by atoms with Gasteiger partial charge in [0.15, 0.2) is 0 Å². The molecule has 0 saturated heterocycles. The van der Waals surface area contributed by atoms with Gasteiger partial charge in [0.05, 0.1) is 12.0 Å². The maximum absolute atomic E-state index is 9.10. The molecule has 0 bridgehead atoms. The average Bonchev–Trinajstić information content (AvgIpc) is 2.89. The summed E-state index contributed by atoms with van der Waals surface area (Å²) >= 11 is 0. The largest absolute Gasteiger partial charge is 0.381 e. The lowest BCUT2D eigenvalue weighted by atomic mass is 10.1. The Balaban J connectivity index is 2.01. The molecule has 1 fully saturated rings. The molecule has 2 unspecified atom stereocenters. The third-order valence-corrected chi connectivity index (χ3v) is 4.03. The van der Waals surface area contributed by atoms with Crippen molar-refractivity contribution in [3.05, 3.63) is 24.3 Å². The Morgan fingerprint density at radius 1 is 1.21 bits per heavy atom. The van der Waals surface area contributed by atoms with E-state index in [-0.39, 0.29) is 5.92 Å². The number of rotatable bonds is 5. The van der Waals surface area contributed by atoms with E-state index in [1.54, 1.807) is 0 Å². The number of nitrogens with one attached hydrogen (secondary N) is 1. The normalized spacial score (nSPS) is 21.9. The first-order chi connectivity index (χ1) is 9.28. The molecule has 102 valence electrons. The lowest BCUT2D eigenvalue weighted by Gasteiger charge is -2.22. The number of nitriles is 1. The van der Waals surface area contributed by atoms with E-state index < -0.39 is 0 Å². The van der Waals surface area contributed by atoms with Crippen molar-refractivity contribution >= 4 is 11.4 Å². The molecule has 0 heterocycles. The summed E-state index contributed by atoms with van der Waals surface area (Å²) in [6.07, 6.45) is 3.30. The van der Waals surface area contributed by atoms with E-state index in [0.717, 1.165) is 38.0 Å². The zero-order valence-corrected chi connectivity index (χ0v) is 11.9. The Bertz CT molecular complexity index is 428. The number of nitrogens with zero attached hydrogens (tertiary/aromatic N) is 2. The quantitative estimate of drug-likeness (QED) is 0.875. The lowest BCUT2D eigenvalue weighted by Crippen LogP contribution is -2.23. The van der Waals surface area contributed by atoms with Crippen LogP contribution in [-0.4, -0.2) is 19.1 Å². The minimum Gasteiger partial charge on any atom is -0.381 e. The molecule has 1 N–H and O–H groups in total. The monoisotopic (exact) mass is 257 g/mol. The topological polar surface area (TPSA) is 39.1 Å². The van der Waals surface area contributed by atoms with Crippen molar-refractivity contribution in [3.63, 3.8) is 0 Å². The van der Waals surface area contributed by atoms with Gasteiger partial charge in [-0.3, -0.25) is 0 Å². The van der Waals surface area contributed by atoms with Crippen LogP contribution in [-0.2, 0) is 0 Å². The highest BCUT2D eigenvalue weighted by Gasteiger charge is 2.26. The van der Waals surface area contributed by atoms with Crippen LogP contribution in [0.25, 0.3) is 0 Å². The van der Waals surface area contributed by atoms with Crippen LogP contribution in [0.3, 0.4) is 0 Å². The summed E-state index contributed by atoms with van der Waals surface area (Å²) in [6.45, 7) is 6.40. The van der Waals surface area contributed by atoms with Crippen molar-refractivity contribution in [2.45, 2.75) is 39.2 Å². The molecule has 0 radical (unpaired) electrons. The fourth-order valence-corrected chi connectivity index (χ4v) is 2.86. The standard InChI is InChI=1S/C16H23N3/c1-3-19(4-2)15-10-8-14(9-11-15)18-16-7-5-6-13(16)12-17/h8-11,13,16,18H,3-7H2,1-2H3. The van der Waals surface area contributed by atoms with Gasteiger partial charge in [0, 0.05) is 30.5 Å². The molecule has 3 heteroatoms. The van der Waals surface area contributed by atoms with E-state index in [4.69, 9.17) is 5.26 Å². The van der Waals surface area contributed by atoms with Crippen molar-refractivity contribution in [2.24, 2.45) is 5.92 Å². The summed E-state index contributed by atoms with van der Waals surface area (Å²) in [4.78, 5) is 2.33. The minimum atomic E-state index is 0.169. The van der Waals surface area contributed by atoms with E-state index in [1.807, 2.05) is 0 Å². The molecular formula is C16H23N3. The summed E-state index contributed by atoms with van der Waals surface area (Å²) in [6, 6.07) is 11.3. The molecule has 2 atom stereocenters. The highest BCUT2D eigenvalue weighted by molar-refractivity contribution is 5.55. The van der Waals surface area contributed by atoms with E-state index >= 15 is 0 Å². The second-order valence-electron chi connectivity index (χ2n) is 5.14. The van der Waals surface area contributed by atoms with Gasteiger partial charge in [-0.25, -0.2) is 0 Å². The number of benzene rings is 1. The second-order valence-corrected chi connectivity index (χ2v) is 5.14. The van der Waals surface area contributed by atoms with E-state index in [9.17, 15) is 0 Å². The minimum absolute atomic E-state index is 0.169. The fourth-order valence-electron chi connectivity index (χ4n) is 2.86. The molecule has 1 aliphatic carbocycles. The number of hydrogen-bond acceptors (Lipinski definition) is 3.